The van der Waals surface area contributed by atoms with Crippen molar-refractivity contribution in [2.24, 2.45) is 0 Å². The minimum Gasteiger partial charge on any atom is -0.305 e. The Kier molecular flexibility index (Phi) is 7.65. The van der Waals surface area contributed by atoms with E-state index in [9.17, 15) is 4.79 Å². The number of hydrogen-bond donors (Lipinski definition) is 2. The van der Waals surface area contributed by atoms with Gasteiger partial charge in [-0.1, -0.05) is 60.7 Å². The lowest BCUT2D eigenvalue weighted by Gasteiger charge is -2.38. The molecule has 0 spiro atoms. The highest BCUT2D eigenvalue weighted by Gasteiger charge is 2.32. The van der Waals surface area contributed by atoms with E-state index in [1.54, 1.807) is 0 Å². The van der Waals surface area contributed by atoms with Gasteiger partial charge in [-0.15, -0.1) is 0 Å². The summed E-state index contributed by atoms with van der Waals surface area (Å²) >= 11 is 0. The quantitative estimate of drug-likeness (QED) is 0.697. The highest BCUT2D eigenvalue weighted by Crippen LogP contribution is 2.10. The molecule has 2 aromatic rings. The number of hydrogen-bond acceptors (Lipinski definition) is 5. The van der Waals surface area contributed by atoms with E-state index < -0.39 is 0 Å². The van der Waals surface area contributed by atoms with Crippen LogP contribution < -0.4 is 10.6 Å². The first-order valence-corrected chi connectivity index (χ1v) is 11.3. The fraction of sp³-hybridized carbons (Fsp3) is 0.480. The van der Waals surface area contributed by atoms with Gasteiger partial charge in [0.2, 0.25) is 0 Å². The van der Waals surface area contributed by atoms with E-state index in [1.165, 1.54) is 11.1 Å². The van der Waals surface area contributed by atoms with Crippen molar-refractivity contribution >= 4 is 5.78 Å². The molecule has 4 rings (SSSR count). The fourth-order valence-corrected chi connectivity index (χ4v) is 4.52. The molecule has 0 bridgehead atoms. The molecule has 2 aliphatic rings. The van der Waals surface area contributed by atoms with Gasteiger partial charge in [0.1, 0.15) is 0 Å². The van der Waals surface area contributed by atoms with Gasteiger partial charge < -0.3 is 10.6 Å². The third-order valence-electron chi connectivity index (χ3n) is 6.33. The number of nitrogens with zero attached hydrogens (tertiary/aromatic N) is 2. The van der Waals surface area contributed by atoms with Crippen LogP contribution in [0.3, 0.4) is 0 Å². The third kappa shape index (κ3) is 5.99. The van der Waals surface area contributed by atoms with Gasteiger partial charge in [0.05, 0.1) is 12.1 Å². The Morgan fingerprint density at radius 2 is 1.17 bits per heavy atom. The maximum Gasteiger partial charge on any atom is 0.169 e. The minimum atomic E-state index is -0.0684. The highest BCUT2D eigenvalue weighted by molar-refractivity contribution is 5.89. The summed E-state index contributed by atoms with van der Waals surface area (Å²) < 4.78 is 0. The van der Waals surface area contributed by atoms with Crippen molar-refractivity contribution in [3.8, 4) is 0 Å². The van der Waals surface area contributed by atoms with Crippen molar-refractivity contribution in [1.82, 2.24) is 20.4 Å². The van der Waals surface area contributed by atoms with Crippen LogP contribution in [0.15, 0.2) is 60.7 Å². The summed E-state index contributed by atoms with van der Waals surface area (Å²) in [5.41, 5.74) is 2.73. The molecule has 160 valence electrons. The Morgan fingerprint density at radius 3 is 1.60 bits per heavy atom. The first-order chi connectivity index (χ1) is 14.8. The number of carbonyl (C=O) groups is 1. The molecule has 0 amide bonds. The average Bonchev–Trinajstić information content (AvgIpc) is 2.83. The predicted octanol–water partition coefficient (Wildman–Crippen LogP) is 1.59. The van der Waals surface area contributed by atoms with Gasteiger partial charge in [-0.3, -0.25) is 14.6 Å². The van der Waals surface area contributed by atoms with Crippen LogP contribution in [-0.2, 0) is 17.6 Å². The molecule has 2 N–H and O–H groups in total. The summed E-state index contributed by atoms with van der Waals surface area (Å²) in [7, 11) is 0. The second-order valence-corrected chi connectivity index (χ2v) is 8.49. The molecular formula is C25H34N4O. The molecule has 2 atom stereocenters. The van der Waals surface area contributed by atoms with E-state index >= 15 is 0 Å². The summed E-state index contributed by atoms with van der Waals surface area (Å²) in [5.74, 6) is 0.323. The van der Waals surface area contributed by atoms with Crippen molar-refractivity contribution in [3.05, 3.63) is 71.8 Å². The number of nitrogens with one attached hydrogen (secondary N) is 2. The van der Waals surface area contributed by atoms with E-state index in [4.69, 9.17) is 0 Å². The van der Waals surface area contributed by atoms with Crippen molar-refractivity contribution in [2.75, 3.05) is 52.4 Å². The number of ketones is 1. The normalized spacial score (nSPS) is 23.3. The zero-order chi connectivity index (χ0) is 20.6. The Balaban J connectivity index is 1.25. The summed E-state index contributed by atoms with van der Waals surface area (Å²) in [6.07, 6.45) is 2.08. The first kappa shape index (κ1) is 21.2. The zero-order valence-corrected chi connectivity index (χ0v) is 17.8. The van der Waals surface area contributed by atoms with Crippen LogP contribution in [0.25, 0.3) is 0 Å². The Labute approximate surface area is 180 Å². The van der Waals surface area contributed by atoms with Gasteiger partial charge >= 0.3 is 0 Å². The monoisotopic (exact) mass is 406 g/mol. The summed E-state index contributed by atoms with van der Waals surface area (Å²) in [6, 6.07) is 21.1. The van der Waals surface area contributed by atoms with Gasteiger partial charge in [0.25, 0.3) is 0 Å². The molecule has 2 aliphatic heterocycles. The second kappa shape index (κ2) is 10.8. The van der Waals surface area contributed by atoms with Gasteiger partial charge in [-0.2, -0.15) is 0 Å². The van der Waals surface area contributed by atoms with Crippen molar-refractivity contribution < 1.29 is 4.79 Å². The number of Topliss-reactive ketones (excluding diaryl/α,β-unsaturated/α-hetero) is 1. The van der Waals surface area contributed by atoms with Crippen LogP contribution in [-0.4, -0.2) is 80.0 Å². The molecule has 0 aliphatic carbocycles. The van der Waals surface area contributed by atoms with Crippen molar-refractivity contribution in [2.45, 2.75) is 24.9 Å². The summed E-state index contributed by atoms with van der Waals surface area (Å²) in [6.45, 7) is 7.44. The number of rotatable bonds is 8. The molecule has 2 fully saturated rings. The van der Waals surface area contributed by atoms with E-state index in [-0.39, 0.29) is 12.1 Å². The van der Waals surface area contributed by atoms with Gasteiger partial charge in [0.15, 0.2) is 5.78 Å². The molecule has 0 saturated carbocycles. The Bertz CT molecular complexity index is 717. The standard InChI is InChI=1S/C25H34N4O/c30-25(23-19-28(17-13-26-23)15-11-21-7-3-1-4-8-21)24-20-29(18-14-27-24)16-12-22-9-5-2-6-10-22/h1-10,23-24,26-27H,11-20H2. The lowest BCUT2D eigenvalue weighted by Crippen LogP contribution is -2.62. The molecule has 30 heavy (non-hydrogen) atoms. The van der Waals surface area contributed by atoms with Crippen molar-refractivity contribution in [3.63, 3.8) is 0 Å². The highest BCUT2D eigenvalue weighted by atomic mass is 16.1. The largest absolute Gasteiger partial charge is 0.305 e. The van der Waals surface area contributed by atoms with Crippen LogP contribution in [0.1, 0.15) is 11.1 Å². The Hall–Kier alpha value is -2.05. The summed E-state index contributed by atoms with van der Waals surface area (Å²) in [4.78, 5) is 18.1. The molecular weight excluding hydrogens is 372 g/mol. The van der Waals surface area contributed by atoms with Gasteiger partial charge in [-0.05, 0) is 24.0 Å². The molecule has 2 aromatic carbocycles. The van der Waals surface area contributed by atoms with E-state index in [0.717, 1.165) is 65.2 Å². The molecule has 0 radical (unpaired) electrons. The topological polar surface area (TPSA) is 47.6 Å². The average molecular weight is 407 g/mol. The molecule has 5 heteroatoms. The molecule has 2 unspecified atom stereocenters. The number of carbonyl (C=O) groups excluding carboxylic acids is 1. The van der Waals surface area contributed by atoms with Gasteiger partial charge in [-0.25, -0.2) is 0 Å². The van der Waals surface area contributed by atoms with Crippen LogP contribution >= 0.6 is 0 Å². The van der Waals surface area contributed by atoms with Crippen molar-refractivity contribution in [1.29, 1.82) is 0 Å². The second-order valence-electron chi connectivity index (χ2n) is 8.49. The zero-order valence-electron chi connectivity index (χ0n) is 17.8. The third-order valence-corrected chi connectivity index (χ3v) is 6.33. The molecule has 0 aromatic heterocycles. The first-order valence-electron chi connectivity index (χ1n) is 11.3. The van der Waals surface area contributed by atoms with Crippen LogP contribution in [0.2, 0.25) is 0 Å². The summed E-state index contributed by atoms with van der Waals surface area (Å²) in [5, 5.41) is 6.93. The van der Waals surface area contributed by atoms with Gasteiger partial charge in [0, 0.05) is 52.4 Å². The molecule has 5 nitrogen and oxygen atoms in total. The SMILES string of the molecule is O=C(C1CN(CCc2ccccc2)CCN1)C1CN(CCc2ccccc2)CCN1. The predicted molar refractivity (Wildman–Crippen MR) is 122 cm³/mol. The molecule has 2 saturated heterocycles. The Morgan fingerprint density at radius 1 is 0.733 bits per heavy atom. The number of benzene rings is 2. The molecule has 2 heterocycles. The smallest absolute Gasteiger partial charge is 0.169 e. The van der Waals surface area contributed by atoms with Crippen LogP contribution in [0, 0.1) is 0 Å². The maximum atomic E-state index is 13.2. The van der Waals surface area contributed by atoms with Crippen LogP contribution in [0.4, 0.5) is 0 Å². The number of piperazine rings is 2. The minimum absolute atomic E-state index is 0.0684. The van der Waals surface area contributed by atoms with E-state index in [1.807, 2.05) is 0 Å². The maximum absolute atomic E-state index is 13.2. The van der Waals surface area contributed by atoms with E-state index in [2.05, 4.69) is 81.1 Å². The van der Waals surface area contributed by atoms with Crippen LogP contribution in [0.5, 0.6) is 0 Å². The lowest BCUT2D eigenvalue weighted by molar-refractivity contribution is -0.125. The lowest BCUT2D eigenvalue weighted by atomic mass is 10.00. The van der Waals surface area contributed by atoms with E-state index in [0.29, 0.717) is 5.78 Å². The fourth-order valence-electron chi connectivity index (χ4n) is 4.52.